The number of nitrogens with zero attached hydrogens (tertiary/aromatic N) is 3. The van der Waals surface area contributed by atoms with Crippen molar-refractivity contribution in [2.45, 2.75) is 12.1 Å². The molecule has 0 saturated heterocycles. The molecule has 1 amide bonds. The normalized spacial score (nSPS) is 11.2. The molecule has 0 spiro atoms. The lowest BCUT2D eigenvalue weighted by molar-refractivity contribution is -0.118. The third-order valence-electron chi connectivity index (χ3n) is 4.69. The first-order valence-corrected chi connectivity index (χ1v) is 11.6. The van der Waals surface area contributed by atoms with E-state index in [9.17, 15) is 9.59 Å². The summed E-state index contributed by atoms with van der Waals surface area (Å²) in [5, 5.41) is 5.75. The summed E-state index contributed by atoms with van der Waals surface area (Å²) < 4.78 is 1.53. The van der Waals surface area contributed by atoms with Gasteiger partial charge in [0.25, 0.3) is 11.5 Å². The van der Waals surface area contributed by atoms with Gasteiger partial charge in [0.1, 0.15) is 0 Å². The third kappa shape index (κ3) is 5.45. The average Bonchev–Trinajstić information content (AvgIpc) is 2.81. The summed E-state index contributed by atoms with van der Waals surface area (Å²) in [5.41, 5.74) is 5.22. The first-order chi connectivity index (χ1) is 15.9. The predicted octanol–water partition coefficient (Wildman–Crippen LogP) is 5.24. The number of halogens is 2. The summed E-state index contributed by atoms with van der Waals surface area (Å²) in [7, 11) is 0. The van der Waals surface area contributed by atoms with Crippen molar-refractivity contribution >= 4 is 58.0 Å². The van der Waals surface area contributed by atoms with Crippen LogP contribution >= 0.6 is 35.0 Å². The first-order valence-electron chi connectivity index (χ1n) is 9.91. The maximum Gasteiger partial charge on any atom is 0.266 e. The predicted molar refractivity (Wildman–Crippen MR) is 135 cm³/mol. The number of nitrogens with one attached hydrogen (secondary N) is 1. The van der Waals surface area contributed by atoms with Crippen molar-refractivity contribution in [1.82, 2.24) is 15.0 Å². The van der Waals surface area contributed by atoms with Crippen LogP contribution in [0.3, 0.4) is 0 Å². The molecule has 0 radical (unpaired) electrons. The van der Waals surface area contributed by atoms with E-state index in [0.29, 0.717) is 37.4 Å². The minimum absolute atomic E-state index is 0.0232. The van der Waals surface area contributed by atoms with Gasteiger partial charge in [0.15, 0.2) is 5.16 Å². The van der Waals surface area contributed by atoms with E-state index < -0.39 is 0 Å². The second-order valence-corrected chi connectivity index (χ2v) is 8.90. The molecule has 3 aromatic carbocycles. The van der Waals surface area contributed by atoms with E-state index >= 15 is 0 Å². The van der Waals surface area contributed by atoms with Crippen LogP contribution in [0.2, 0.25) is 10.0 Å². The molecular weight excluding hydrogens is 479 g/mol. The molecule has 0 aliphatic carbocycles. The minimum Gasteiger partial charge on any atom is -0.272 e. The average molecular weight is 497 g/mol. The molecule has 1 N–H and O–H groups in total. The largest absolute Gasteiger partial charge is 0.272 e. The Morgan fingerprint density at radius 3 is 2.64 bits per heavy atom. The summed E-state index contributed by atoms with van der Waals surface area (Å²) in [6, 6.07) is 19.8. The van der Waals surface area contributed by atoms with Crippen LogP contribution < -0.4 is 11.0 Å². The fourth-order valence-corrected chi connectivity index (χ4v) is 4.23. The SMILES string of the molecule is Cc1ccc2nc(SCC(=O)N/N=C/c3ccc(Cl)c(Cl)c3)n(-c3ccccc3)c(=O)c2c1. The third-order valence-corrected chi connectivity index (χ3v) is 6.36. The number of benzene rings is 3. The monoisotopic (exact) mass is 496 g/mol. The molecular formula is C24H18Cl2N4O2S. The van der Waals surface area contributed by atoms with Gasteiger partial charge in [-0.25, -0.2) is 10.4 Å². The fraction of sp³-hybridized carbons (Fsp3) is 0.0833. The van der Waals surface area contributed by atoms with Crippen LogP contribution in [-0.2, 0) is 4.79 Å². The summed E-state index contributed by atoms with van der Waals surface area (Å²) in [5.74, 6) is -0.316. The zero-order chi connectivity index (χ0) is 23.4. The topological polar surface area (TPSA) is 76.3 Å². The molecule has 6 nitrogen and oxygen atoms in total. The fourth-order valence-electron chi connectivity index (χ4n) is 3.11. The van der Waals surface area contributed by atoms with Crippen molar-refractivity contribution in [2.24, 2.45) is 5.10 Å². The molecule has 1 aromatic heterocycles. The number of para-hydroxylation sites is 1. The van der Waals surface area contributed by atoms with Gasteiger partial charge in [-0.3, -0.25) is 14.2 Å². The quantitative estimate of drug-likeness (QED) is 0.171. The number of thioether (sulfide) groups is 1. The molecule has 9 heteroatoms. The highest BCUT2D eigenvalue weighted by molar-refractivity contribution is 7.99. The van der Waals surface area contributed by atoms with Crippen LogP contribution in [0.5, 0.6) is 0 Å². The zero-order valence-corrected chi connectivity index (χ0v) is 19.8. The number of rotatable bonds is 6. The van der Waals surface area contributed by atoms with Crippen molar-refractivity contribution < 1.29 is 4.79 Å². The van der Waals surface area contributed by atoms with Crippen molar-refractivity contribution in [3.63, 3.8) is 0 Å². The van der Waals surface area contributed by atoms with Gasteiger partial charge < -0.3 is 0 Å². The molecule has 0 atom stereocenters. The van der Waals surface area contributed by atoms with E-state index in [2.05, 4.69) is 15.5 Å². The van der Waals surface area contributed by atoms with Crippen molar-refractivity contribution in [3.8, 4) is 5.69 Å². The van der Waals surface area contributed by atoms with E-state index in [0.717, 1.165) is 17.3 Å². The molecule has 33 heavy (non-hydrogen) atoms. The number of aryl methyl sites for hydroxylation is 1. The minimum atomic E-state index is -0.339. The van der Waals surface area contributed by atoms with Crippen LogP contribution in [0.4, 0.5) is 0 Å². The number of carbonyl (C=O) groups is 1. The number of carbonyl (C=O) groups excluding carboxylic acids is 1. The van der Waals surface area contributed by atoms with E-state index in [1.807, 2.05) is 55.5 Å². The van der Waals surface area contributed by atoms with Crippen molar-refractivity contribution in [1.29, 1.82) is 0 Å². The Kier molecular flexibility index (Phi) is 7.13. The molecule has 0 fully saturated rings. The maximum absolute atomic E-state index is 13.3. The Labute approximate surface area is 204 Å². The summed E-state index contributed by atoms with van der Waals surface area (Å²) in [6.07, 6.45) is 1.47. The van der Waals surface area contributed by atoms with Gasteiger partial charge in [-0.1, -0.05) is 70.9 Å². The van der Waals surface area contributed by atoms with Crippen LogP contribution in [0, 0.1) is 6.92 Å². The van der Waals surface area contributed by atoms with E-state index in [4.69, 9.17) is 23.2 Å². The molecule has 0 saturated carbocycles. The Morgan fingerprint density at radius 2 is 1.88 bits per heavy atom. The molecule has 0 unspecified atom stereocenters. The molecule has 0 aliphatic rings. The number of amides is 1. The second-order valence-electron chi connectivity index (χ2n) is 7.15. The van der Waals surface area contributed by atoms with Gasteiger partial charge in [-0.15, -0.1) is 0 Å². The molecule has 0 aliphatic heterocycles. The van der Waals surface area contributed by atoms with Crippen LogP contribution in [-0.4, -0.2) is 27.4 Å². The first kappa shape index (κ1) is 23.0. The number of hydrogen-bond acceptors (Lipinski definition) is 5. The Hall–Kier alpha value is -3.13. The van der Waals surface area contributed by atoms with E-state index in [1.165, 1.54) is 10.8 Å². The van der Waals surface area contributed by atoms with Crippen LogP contribution in [0.15, 0.2) is 81.8 Å². The highest BCUT2D eigenvalue weighted by Crippen LogP contribution is 2.23. The molecule has 1 heterocycles. The highest BCUT2D eigenvalue weighted by atomic mass is 35.5. The lowest BCUT2D eigenvalue weighted by Crippen LogP contribution is -2.24. The van der Waals surface area contributed by atoms with Gasteiger partial charge in [0.05, 0.1) is 38.6 Å². The number of fused-ring (bicyclic) bond motifs is 1. The Bertz CT molecular complexity index is 1420. The summed E-state index contributed by atoms with van der Waals surface area (Å²) in [6.45, 7) is 1.93. The van der Waals surface area contributed by atoms with Gasteiger partial charge >= 0.3 is 0 Å². The number of aromatic nitrogens is 2. The summed E-state index contributed by atoms with van der Waals surface area (Å²) in [4.78, 5) is 30.3. The van der Waals surface area contributed by atoms with Gasteiger partial charge in [-0.05, 0) is 48.9 Å². The zero-order valence-electron chi connectivity index (χ0n) is 17.5. The molecule has 166 valence electrons. The maximum atomic E-state index is 13.3. The van der Waals surface area contributed by atoms with E-state index in [1.54, 1.807) is 18.2 Å². The van der Waals surface area contributed by atoms with Gasteiger partial charge in [-0.2, -0.15) is 5.10 Å². The van der Waals surface area contributed by atoms with Crippen LogP contribution in [0.25, 0.3) is 16.6 Å². The Morgan fingerprint density at radius 1 is 1.09 bits per heavy atom. The number of hydrazone groups is 1. The lowest BCUT2D eigenvalue weighted by atomic mass is 10.1. The Balaban J connectivity index is 1.55. The molecule has 4 aromatic rings. The van der Waals surface area contributed by atoms with Crippen molar-refractivity contribution in [2.75, 3.05) is 5.75 Å². The standard InChI is InChI=1S/C24H18Cl2N4O2S/c1-15-7-10-21-18(11-15)23(32)30(17-5-3-2-4-6-17)24(28-21)33-14-22(31)29-27-13-16-8-9-19(25)20(26)12-16/h2-13H,14H2,1H3,(H,29,31)/b27-13+. The van der Waals surface area contributed by atoms with Gasteiger partial charge in [0, 0.05) is 0 Å². The van der Waals surface area contributed by atoms with E-state index in [-0.39, 0.29) is 17.2 Å². The highest BCUT2D eigenvalue weighted by Gasteiger charge is 2.15. The molecule has 4 rings (SSSR count). The van der Waals surface area contributed by atoms with Gasteiger partial charge in [0.2, 0.25) is 0 Å². The van der Waals surface area contributed by atoms with Crippen molar-refractivity contribution in [3.05, 3.63) is 98.3 Å². The number of hydrogen-bond donors (Lipinski definition) is 1. The second kappa shape index (κ2) is 10.2. The van der Waals surface area contributed by atoms with Crippen LogP contribution in [0.1, 0.15) is 11.1 Å². The smallest absolute Gasteiger partial charge is 0.266 e. The lowest BCUT2D eigenvalue weighted by Gasteiger charge is -2.13. The summed E-state index contributed by atoms with van der Waals surface area (Å²) >= 11 is 13.0. The molecule has 0 bridgehead atoms.